The van der Waals surface area contributed by atoms with Gasteiger partial charge in [-0.05, 0) is 25.0 Å². The third kappa shape index (κ3) is 2.07. The van der Waals surface area contributed by atoms with E-state index in [9.17, 15) is 0 Å². The van der Waals surface area contributed by atoms with E-state index in [1.165, 1.54) is 11.1 Å². The zero-order chi connectivity index (χ0) is 9.97. The Hall–Kier alpha value is -0.600. The average Bonchev–Trinajstić information content (AvgIpc) is 2.18. The van der Waals surface area contributed by atoms with Gasteiger partial charge in [-0.3, -0.25) is 0 Å². The van der Waals surface area contributed by atoms with Crippen LogP contribution in [0.15, 0.2) is 40.4 Å². The second-order valence-corrected chi connectivity index (χ2v) is 4.45. The van der Waals surface area contributed by atoms with Crippen LogP contribution in [0.2, 0.25) is 0 Å². The molecular formula is C12H13BrO. The highest BCUT2D eigenvalue weighted by Gasteiger charge is 2.17. The van der Waals surface area contributed by atoms with E-state index in [4.69, 9.17) is 4.74 Å². The van der Waals surface area contributed by atoms with E-state index in [-0.39, 0.29) is 6.10 Å². The number of halogens is 1. The predicted molar refractivity (Wildman–Crippen MR) is 61.2 cm³/mol. The lowest BCUT2D eigenvalue weighted by molar-refractivity contribution is 0.0636. The number of rotatable bonds is 1. The van der Waals surface area contributed by atoms with Gasteiger partial charge in [0.25, 0.3) is 0 Å². The summed E-state index contributed by atoms with van der Waals surface area (Å²) in [5, 5.41) is 0. The fraction of sp³-hybridized carbons (Fsp3) is 0.333. The van der Waals surface area contributed by atoms with Crippen LogP contribution >= 0.6 is 15.9 Å². The molecule has 0 spiro atoms. The molecule has 0 fully saturated rings. The highest BCUT2D eigenvalue weighted by molar-refractivity contribution is 9.10. The Morgan fingerprint density at radius 1 is 1.36 bits per heavy atom. The molecule has 1 unspecified atom stereocenters. The van der Waals surface area contributed by atoms with Gasteiger partial charge in [-0.1, -0.05) is 45.8 Å². The molecule has 0 aliphatic carbocycles. The van der Waals surface area contributed by atoms with Gasteiger partial charge in [-0.15, -0.1) is 0 Å². The van der Waals surface area contributed by atoms with Crippen molar-refractivity contribution >= 4 is 15.9 Å². The first-order valence-electron chi connectivity index (χ1n) is 4.79. The molecule has 0 bridgehead atoms. The van der Waals surface area contributed by atoms with Gasteiger partial charge in [0.05, 0.1) is 12.7 Å². The minimum absolute atomic E-state index is 0.218. The first-order chi connectivity index (χ1) is 6.77. The molecule has 0 amide bonds. The molecule has 1 aliphatic rings. The van der Waals surface area contributed by atoms with E-state index in [1.807, 2.05) is 6.07 Å². The van der Waals surface area contributed by atoms with Gasteiger partial charge in [0.15, 0.2) is 0 Å². The van der Waals surface area contributed by atoms with Gasteiger partial charge < -0.3 is 4.74 Å². The molecule has 0 saturated carbocycles. The summed E-state index contributed by atoms with van der Waals surface area (Å²) in [6.07, 6.45) is 3.37. The maximum atomic E-state index is 5.71. The van der Waals surface area contributed by atoms with Crippen molar-refractivity contribution in [3.63, 3.8) is 0 Å². The summed E-state index contributed by atoms with van der Waals surface area (Å²) in [5.41, 5.74) is 2.66. The molecule has 0 radical (unpaired) electrons. The van der Waals surface area contributed by atoms with Crippen molar-refractivity contribution < 1.29 is 4.74 Å². The lowest BCUT2D eigenvalue weighted by atomic mass is 10.0. The Morgan fingerprint density at radius 3 is 2.86 bits per heavy atom. The highest BCUT2D eigenvalue weighted by Crippen LogP contribution is 2.32. The summed E-state index contributed by atoms with van der Waals surface area (Å²) in [5.74, 6) is 0. The van der Waals surface area contributed by atoms with Crippen LogP contribution in [0.5, 0.6) is 0 Å². The second-order valence-electron chi connectivity index (χ2n) is 3.60. The van der Waals surface area contributed by atoms with Crippen LogP contribution < -0.4 is 0 Å². The summed E-state index contributed by atoms with van der Waals surface area (Å²) in [7, 11) is 0. The van der Waals surface area contributed by atoms with Crippen LogP contribution in [0, 0.1) is 0 Å². The minimum atomic E-state index is 0.218. The van der Waals surface area contributed by atoms with E-state index < -0.39 is 0 Å². The van der Waals surface area contributed by atoms with E-state index in [0.717, 1.165) is 17.5 Å². The molecule has 0 aromatic heterocycles. The number of benzene rings is 1. The van der Waals surface area contributed by atoms with E-state index >= 15 is 0 Å². The van der Waals surface area contributed by atoms with Gasteiger partial charge in [0.1, 0.15) is 0 Å². The molecular weight excluding hydrogens is 240 g/mol. The maximum absolute atomic E-state index is 5.71. The van der Waals surface area contributed by atoms with Crippen molar-refractivity contribution in [3.8, 4) is 0 Å². The quantitative estimate of drug-likeness (QED) is 0.690. The second kappa shape index (κ2) is 4.28. The van der Waals surface area contributed by atoms with Crippen LogP contribution in [-0.2, 0) is 4.74 Å². The molecule has 74 valence electrons. The lowest BCUT2D eigenvalue weighted by Gasteiger charge is -2.23. The molecule has 2 heteroatoms. The maximum Gasteiger partial charge on any atom is 0.0877 e. The molecule has 1 atom stereocenters. The van der Waals surface area contributed by atoms with Crippen LogP contribution in [0.4, 0.5) is 0 Å². The smallest absolute Gasteiger partial charge is 0.0877 e. The summed E-state index contributed by atoms with van der Waals surface area (Å²) in [6.45, 7) is 2.89. The Bertz CT molecular complexity index is 357. The number of ether oxygens (including phenoxy) is 1. The SMILES string of the molecule is CC1=CCOC(c2ccccc2Br)C1. The molecule has 0 N–H and O–H groups in total. The Morgan fingerprint density at radius 2 is 2.14 bits per heavy atom. The van der Waals surface area contributed by atoms with Gasteiger partial charge in [-0.2, -0.15) is 0 Å². The first kappa shape index (κ1) is 9.94. The van der Waals surface area contributed by atoms with Crippen molar-refractivity contribution in [2.45, 2.75) is 19.4 Å². The van der Waals surface area contributed by atoms with Crippen LogP contribution in [0.25, 0.3) is 0 Å². The standard InChI is InChI=1S/C12H13BrO/c1-9-6-7-14-12(8-9)10-4-2-3-5-11(10)13/h2-6,12H,7-8H2,1H3. The van der Waals surface area contributed by atoms with Crippen LogP contribution in [0.3, 0.4) is 0 Å². The van der Waals surface area contributed by atoms with E-state index in [0.29, 0.717) is 0 Å². The molecule has 1 heterocycles. The largest absolute Gasteiger partial charge is 0.369 e. The zero-order valence-electron chi connectivity index (χ0n) is 8.16. The molecule has 14 heavy (non-hydrogen) atoms. The summed E-state index contributed by atoms with van der Waals surface area (Å²) in [4.78, 5) is 0. The Labute approximate surface area is 92.9 Å². The average molecular weight is 253 g/mol. The van der Waals surface area contributed by atoms with Crippen molar-refractivity contribution in [2.24, 2.45) is 0 Å². The van der Waals surface area contributed by atoms with Gasteiger partial charge >= 0.3 is 0 Å². The topological polar surface area (TPSA) is 9.23 Å². The summed E-state index contributed by atoms with van der Waals surface area (Å²) in [6, 6.07) is 8.26. The summed E-state index contributed by atoms with van der Waals surface area (Å²) < 4.78 is 6.85. The van der Waals surface area contributed by atoms with Crippen LogP contribution in [-0.4, -0.2) is 6.61 Å². The monoisotopic (exact) mass is 252 g/mol. The molecule has 1 aromatic carbocycles. The van der Waals surface area contributed by atoms with Gasteiger partial charge in [0.2, 0.25) is 0 Å². The van der Waals surface area contributed by atoms with Crippen molar-refractivity contribution in [1.29, 1.82) is 0 Å². The Balaban J connectivity index is 2.24. The van der Waals surface area contributed by atoms with Crippen molar-refractivity contribution in [2.75, 3.05) is 6.61 Å². The fourth-order valence-corrected chi connectivity index (χ4v) is 2.22. The van der Waals surface area contributed by atoms with Crippen molar-refractivity contribution in [3.05, 3.63) is 46.0 Å². The predicted octanol–water partition coefficient (Wildman–Crippen LogP) is 3.86. The molecule has 0 saturated heterocycles. The van der Waals surface area contributed by atoms with Gasteiger partial charge in [-0.25, -0.2) is 0 Å². The minimum Gasteiger partial charge on any atom is -0.369 e. The highest BCUT2D eigenvalue weighted by atomic mass is 79.9. The first-order valence-corrected chi connectivity index (χ1v) is 5.58. The van der Waals surface area contributed by atoms with Gasteiger partial charge in [0, 0.05) is 4.47 Å². The van der Waals surface area contributed by atoms with E-state index in [2.05, 4.69) is 47.1 Å². The summed E-state index contributed by atoms with van der Waals surface area (Å²) >= 11 is 3.55. The van der Waals surface area contributed by atoms with Crippen molar-refractivity contribution in [1.82, 2.24) is 0 Å². The fourth-order valence-electron chi connectivity index (χ4n) is 1.68. The van der Waals surface area contributed by atoms with E-state index in [1.54, 1.807) is 0 Å². The third-order valence-corrected chi connectivity index (χ3v) is 3.21. The number of hydrogen-bond donors (Lipinski definition) is 0. The molecule has 1 aromatic rings. The molecule has 1 nitrogen and oxygen atoms in total. The zero-order valence-corrected chi connectivity index (χ0v) is 9.75. The molecule has 1 aliphatic heterocycles. The Kier molecular flexibility index (Phi) is 3.04. The third-order valence-electron chi connectivity index (χ3n) is 2.49. The molecule has 2 rings (SSSR count). The number of hydrogen-bond acceptors (Lipinski definition) is 1. The normalized spacial score (nSPS) is 21.9. The van der Waals surface area contributed by atoms with Crippen LogP contribution in [0.1, 0.15) is 25.0 Å². The lowest BCUT2D eigenvalue weighted by Crippen LogP contribution is -2.10.